The quantitative estimate of drug-likeness (QED) is 0.757. The Balaban J connectivity index is 2.60. The van der Waals surface area contributed by atoms with Gasteiger partial charge >= 0.3 is 0 Å². The average molecular weight is 239 g/mol. The number of Topliss-reactive ketones (excluding diaryl/α,β-unsaturated/α-hetero) is 1. The highest BCUT2D eigenvalue weighted by Gasteiger charge is 2.14. The topological polar surface area (TPSA) is 37.4 Å². The van der Waals surface area contributed by atoms with Gasteiger partial charge in [0.05, 0.1) is 0 Å². The number of rotatable bonds is 4. The summed E-state index contributed by atoms with van der Waals surface area (Å²) >= 11 is 1.62. The molecule has 0 atom stereocenters. The molecule has 0 N–H and O–H groups in total. The molecule has 0 radical (unpaired) electrons. The summed E-state index contributed by atoms with van der Waals surface area (Å²) in [5.74, 6) is 0.0648. The maximum absolute atomic E-state index is 11.8. The first kappa shape index (κ1) is 12.9. The van der Waals surface area contributed by atoms with Gasteiger partial charge in [-0.1, -0.05) is 0 Å². The van der Waals surface area contributed by atoms with Gasteiger partial charge in [-0.05, 0) is 19.9 Å². The lowest BCUT2D eigenvalue weighted by atomic mass is 10.1. The van der Waals surface area contributed by atoms with E-state index >= 15 is 0 Å². The molecule has 3 nitrogen and oxygen atoms in total. The van der Waals surface area contributed by atoms with Crippen LogP contribution in [-0.2, 0) is 4.79 Å². The zero-order chi connectivity index (χ0) is 12.3. The zero-order valence-corrected chi connectivity index (χ0v) is 11.0. The SMILES string of the molecule is Cc1cc(C(=O)CCC(=O)N(C)C)c(C)s1. The van der Waals surface area contributed by atoms with Gasteiger partial charge in [-0.3, -0.25) is 9.59 Å². The van der Waals surface area contributed by atoms with Crippen molar-refractivity contribution in [3.8, 4) is 0 Å². The van der Waals surface area contributed by atoms with E-state index in [2.05, 4.69) is 0 Å². The van der Waals surface area contributed by atoms with Gasteiger partial charge in [0.15, 0.2) is 5.78 Å². The lowest BCUT2D eigenvalue weighted by Crippen LogP contribution is -2.22. The highest BCUT2D eigenvalue weighted by atomic mass is 32.1. The van der Waals surface area contributed by atoms with Gasteiger partial charge in [-0.25, -0.2) is 0 Å². The van der Waals surface area contributed by atoms with E-state index < -0.39 is 0 Å². The fraction of sp³-hybridized carbons (Fsp3) is 0.500. The number of ketones is 1. The molecule has 0 aliphatic heterocycles. The summed E-state index contributed by atoms with van der Waals surface area (Å²) in [7, 11) is 3.40. The summed E-state index contributed by atoms with van der Waals surface area (Å²) in [6, 6.07) is 1.91. The van der Waals surface area contributed by atoms with Crippen LogP contribution in [0.15, 0.2) is 6.07 Å². The Labute approximate surface area is 100 Å². The number of carbonyl (C=O) groups is 2. The number of thiophene rings is 1. The molecule has 1 aromatic heterocycles. The molecule has 0 fully saturated rings. The van der Waals surface area contributed by atoms with Crippen LogP contribution in [0.2, 0.25) is 0 Å². The minimum Gasteiger partial charge on any atom is -0.349 e. The summed E-state index contributed by atoms with van der Waals surface area (Å²) in [6.07, 6.45) is 0.591. The molecule has 0 spiro atoms. The lowest BCUT2D eigenvalue weighted by molar-refractivity contribution is -0.128. The molecule has 0 bridgehead atoms. The number of carbonyl (C=O) groups excluding carboxylic acids is 2. The molecule has 4 heteroatoms. The molecule has 88 valence electrons. The molecule has 16 heavy (non-hydrogen) atoms. The van der Waals surface area contributed by atoms with Crippen LogP contribution in [0.1, 0.15) is 33.0 Å². The van der Waals surface area contributed by atoms with Gasteiger partial charge in [0.1, 0.15) is 0 Å². The second-order valence-electron chi connectivity index (χ2n) is 4.04. The smallest absolute Gasteiger partial charge is 0.222 e. The zero-order valence-electron chi connectivity index (χ0n) is 10.2. The Kier molecular flexibility index (Phi) is 4.24. The van der Waals surface area contributed by atoms with E-state index in [0.29, 0.717) is 12.8 Å². The molecule has 0 unspecified atom stereocenters. The van der Waals surface area contributed by atoms with Crippen molar-refractivity contribution in [2.75, 3.05) is 14.1 Å². The maximum Gasteiger partial charge on any atom is 0.222 e. The molecular weight excluding hydrogens is 222 g/mol. The predicted molar refractivity (Wildman–Crippen MR) is 66.1 cm³/mol. The standard InChI is InChI=1S/C12H17NO2S/c1-8-7-10(9(2)16-8)11(14)5-6-12(15)13(3)4/h7H,5-6H2,1-4H3. The van der Waals surface area contributed by atoms with E-state index in [9.17, 15) is 9.59 Å². The van der Waals surface area contributed by atoms with Crippen molar-refractivity contribution < 1.29 is 9.59 Å². The van der Waals surface area contributed by atoms with Crippen LogP contribution < -0.4 is 0 Å². The average Bonchev–Trinajstić information content (AvgIpc) is 2.53. The summed E-state index contributed by atoms with van der Waals surface area (Å²) in [4.78, 5) is 26.9. The van der Waals surface area contributed by atoms with E-state index in [1.807, 2.05) is 19.9 Å². The number of hydrogen-bond donors (Lipinski definition) is 0. The number of hydrogen-bond acceptors (Lipinski definition) is 3. The molecule has 0 saturated heterocycles. The van der Waals surface area contributed by atoms with E-state index in [0.717, 1.165) is 15.3 Å². The fourth-order valence-electron chi connectivity index (χ4n) is 1.49. The fourth-order valence-corrected chi connectivity index (χ4v) is 2.43. The van der Waals surface area contributed by atoms with Crippen LogP contribution in [-0.4, -0.2) is 30.7 Å². The Hall–Kier alpha value is -1.16. The van der Waals surface area contributed by atoms with Gasteiger partial charge in [0, 0.05) is 42.3 Å². The van der Waals surface area contributed by atoms with E-state index in [4.69, 9.17) is 0 Å². The Morgan fingerprint density at radius 3 is 2.31 bits per heavy atom. The third-order valence-corrected chi connectivity index (χ3v) is 3.37. The minimum atomic E-state index is -0.00189. The number of nitrogens with zero attached hydrogens (tertiary/aromatic N) is 1. The molecule has 1 rings (SSSR count). The van der Waals surface area contributed by atoms with Crippen molar-refractivity contribution in [1.29, 1.82) is 0 Å². The highest BCUT2D eigenvalue weighted by Crippen LogP contribution is 2.22. The Bertz CT molecular complexity index is 407. The molecule has 1 heterocycles. The summed E-state index contributed by atoms with van der Waals surface area (Å²) < 4.78 is 0. The first-order chi connectivity index (χ1) is 7.41. The Morgan fingerprint density at radius 1 is 1.25 bits per heavy atom. The third kappa shape index (κ3) is 3.17. The van der Waals surface area contributed by atoms with Crippen molar-refractivity contribution >= 4 is 23.0 Å². The van der Waals surface area contributed by atoms with Gasteiger partial charge in [-0.2, -0.15) is 0 Å². The van der Waals surface area contributed by atoms with E-state index in [-0.39, 0.29) is 11.7 Å². The van der Waals surface area contributed by atoms with Gasteiger partial charge in [-0.15, -0.1) is 11.3 Å². The predicted octanol–water partition coefficient (Wildman–Crippen LogP) is 2.42. The normalized spacial score (nSPS) is 10.2. The van der Waals surface area contributed by atoms with E-state index in [1.54, 1.807) is 25.4 Å². The van der Waals surface area contributed by atoms with Crippen LogP contribution in [0.3, 0.4) is 0 Å². The van der Waals surface area contributed by atoms with Gasteiger partial charge in [0.2, 0.25) is 5.91 Å². The number of amides is 1. The van der Waals surface area contributed by atoms with Crippen molar-refractivity contribution in [2.24, 2.45) is 0 Å². The van der Waals surface area contributed by atoms with Crippen LogP contribution in [0, 0.1) is 13.8 Å². The van der Waals surface area contributed by atoms with Crippen LogP contribution >= 0.6 is 11.3 Å². The first-order valence-corrected chi connectivity index (χ1v) is 6.04. The molecule has 0 aliphatic rings. The third-order valence-electron chi connectivity index (χ3n) is 2.41. The van der Waals surface area contributed by atoms with Crippen molar-refractivity contribution in [2.45, 2.75) is 26.7 Å². The monoisotopic (exact) mass is 239 g/mol. The minimum absolute atomic E-state index is 0.00189. The number of aryl methyl sites for hydroxylation is 2. The van der Waals surface area contributed by atoms with Gasteiger partial charge in [0.25, 0.3) is 0 Å². The van der Waals surface area contributed by atoms with E-state index in [1.165, 1.54) is 4.90 Å². The van der Waals surface area contributed by atoms with Crippen LogP contribution in [0.4, 0.5) is 0 Å². The van der Waals surface area contributed by atoms with Crippen LogP contribution in [0.25, 0.3) is 0 Å². The molecular formula is C12H17NO2S. The van der Waals surface area contributed by atoms with Crippen molar-refractivity contribution in [3.05, 3.63) is 21.4 Å². The van der Waals surface area contributed by atoms with Crippen molar-refractivity contribution in [3.63, 3.8) is 0 Å². The highest BCUT2D eigenvalue weighted by molar-refractivity contribution is 7.12. The molecule has 0 aromatic carbocycles. The Morgan fingerprint density at radius 2 is 1.88 bits per heavy atom. The van der Waals surface area contributed by atoms with Crippen LogP contribution in [0.5, 0.6) is 0 Å². The second kappa shape index (κ2) is 5.25. The van der Waals surface area contributed by atoms with Crippen molar-refractivity contribution in [1.82, 2.24) is 4.90 Å². The lowest BCUT2D eigenvalue weighted by Gasteiger charge is -2.09. The molecule has 0 saturated carbocycles. The largest absolute Gasteiger partial charge is 0.349 e. The maximum atomic E-state index is 11.8. The summed E-state index contributed by atoms with van der Waals surface area (Å²) in [5, 5.41) is 0. The first-order valence-electron chi connectivity index (χ1n) is 5.22. The molecule has 1 amide bonds. The summed E-state index contributed by atoms with van der Waals surface area (Å²) in [6.45, 7) is 3.93. The molecule has 0 aliphatic carbocycles. The second-order valence-corrected chi connectivity index (χ2v) is 5.50. The van der Waals surface area contributed by atoms with Gasteiger partial charge < -0.3 is 4.90 Å². The summed E-state index contributed by atoms with van der Waals surface area (Å²) in [5.41, 5.74) is 0.772. The molecule has 1 aromatic rings.